The molecule has 0 aromatic rings. The van der Waals surface area contributed by atoms with Gasteiger partial charge < -0.3 is 9.63 Å². The molecule has 0 heterocycles. The molecule has 0 aromatic heterocycles. The zero-order chi connectivity index (χ0) is 10.3. The monoisotopic (exact) mass is 209 g/mol. The zero-order valence-corrected chi connectivity index (χ0v) is 8.20. The van der Waals surface area contributed by atoms with Crippen LogP contribution in [-0.4, -0.2) is 23.6 Å². The first-order valence-electron chi connectivity index (χ1n) is 3.84. The summed E-state index contributed by atoms with van der Waals surface area (Å²) in [7, 11) is -3.89. The summed E-state index contributed by atoms with van der Waals surface area (Å²) >= 11 is 0. The summed E-state index contributed by atoms with van der Waals surface area (Å²) < 4.78 is 15.2. The van der Waals surface area contributed by atoms with Gasteiger partial charge in [-0.15, -0.1) is 4.91 Å². The van der Waals surface area contributed by atoms with Crippen LogP contribution in [-0.2, 0) is 14.1 Å². The van der Waals surface area contributed by atoms with Gasteiger partial charge in [0.05, 0.1) is 6.61 Å². The molecule has 0 aliphatic carbocycles. The molecule has 13 heavy (non-hydrogen) atoms. The van der Waals surface area contributed by atoms with Crippen LogP contribution in [0.2, 0.25) is 0 Å². The maximum atomic E-state index is 10.7. The van der Waals surface area contributed by atoms with E-state index in [1.54, 1.807) is 6.92 Å². The standard InChI is InChI=1S/C6H12NO5P/c1-2-12-6(8)4-3-5-13(10,11)7-9/h2-5H2,1H3,(H,10,11). The highest BCUT2D eigenvalue weighted by molar-refractivity contribution is 7.56. The molecule has 0 saturated carbocycles. The lowest BCUT2D eigenvalue weighted by molar-refractivity contribution is -0.143. The third kappa shape index (κ3) is 6.42. The molecule has 0 bridgehead atoms. The Labute approximate surface area is 75.8 Å². The van der Waals surface area contributed by atoms with Gasteiger partial charge in [-0.1, -0.05) is 0 Å². The first-order chi connectivity index (χ1) is 6.02. The van der Waals surface area contributed by atoms with Gasteiger partial charge in [0.25, 0.3) is 0 Å². The molecule has 0 spiro atoms. The number of esters is 1. The van der Waals surface area contributed by atoms with E-state index in [-0.39, 0.29) is 25.6 Å². The van der Waals surface area contributed by atoms with Crippen LogP contribution in [0.5, 0.6) is 0 Å². The number of hydrogen-bond donors (Lipinski definition) is 1. The molecule has 0 radical (unpaired) electrons. The fourth-order valence-corrected chi connectivity index (χ4v) is 1.36. The quantitative estimate of drug-likeness (QED) is 0.404. The predicted molar refractivity (Wildman–Crippen MR) is 46.4 cm³/mol. The highest BCUT2D eigenvalue weighted by Crippen LogP contribution is 2.42. The molecule has 6 nitrogen and oxygen atoms in total. The minimum absolute atomic E-state index is 0.0356. The predicted octanol–water partition coefficient (Wildman–Crippen LogP) is 1.28. The summed E-state index contributed by atoms with van der Waals surface area (Å²) in [5.41, 5.74) is 0. The van der Waals surface area contributed by atoms with Gasteiger partial charge in [0.1, 0.15) is 0 Å². The van der Waals surface area contributed by atoms with Crippen LogP contribution < -0.4 is 0 Å². The second kappa shape index (κ2) is 5.83. The first kappa shape index (κ1) is 12.3. The number of hydrogen-bond acceptors (Lipinski definition) is 4. The Morgan fingerprint density at radius 1 is 1.62 bits per heavy atom. The van der Waals surface area contributed by atoms with Crippen LogP contribution in [0, 0.1) is 4.91 Å². The van der Waals surface area contributed by atoms with Gasteiger partial charge >= 0.3 is 13.5 Å². The molecule has 1 N–H and O–H groups in total. The maximum Gasteiger partial charge on any atom is 0.350 e. The number of carbonyl (C=O) groups excluding carboxylic acids is 1. The Morgan fingerprint density at radius 2 is 2.23 bits per heavy atom. The van der Waals surface area contributed by atoms with E-state index in [0.29, 0.717) is 0 Å². The number of nitroso groups, excluding NO2 is 1. The van der Waals surface area contributed by atoms with Crippen LogP contribution in [0.1, 0.15) is 19.8 Å². The van der Waals surface area contributed by atoms with E-state index in [1.165, 1.54) is 0 Å². The molecule has 76 valence electrons. The van der Waals surface area contributed by atoms with Crippen molar-refractivity contribution in [3.63, 3.8) is 0 Å². The number of ether oxygens (including phenoxy) is 1. The van der Waals surface area contributed by atoms with Crippen molar-refractivity contribution in [2.24, 2.45) is 4.95 Å². The van der Waals surface area contributed by atoms with E-state index < -0.39 is 13.5 Å². The molecule has 0 aliphatic heterocycles. The summed E-state index contributed by atoms with van der Waals surface area (Å²) in [5.74, 6) is -0.437. The molecular weight excluding hydrogens is 197 g/mol. The molecular formula is C6H12NO5P. The van der Waals surface area contributed by atoms with Crippen molar-refractivity contribution in [3.05, 3.63) is 4.91 Å². The summed E-state index contributed by atoms with van der Waals surface area (Å²) in [6.07, 6.45) is -0.0957. The molecule has 0 aliphatic rings. The van der Waals surface area contributed by atoms with E-state index in [9.17, 15) is 14.3 Å². The first-order valence-corrected chi connectivity index (χ1v) is 5.64. The van der Waals surface area contributed by atoms with Crippen LogP contribution in [0.4, 0.5) is 0 Å². The van der Waals surface area contributed by atoms with E-state index in [4.69, 9.17) is 4.89 Å². The Morgan fingerprint density at radius 3 is 2.69 bits per heavy atom. The molecule has 0 rings (SSSR count). The second-order valence-corrected chi connectivity index (χ2v) is 4.32. The molecule has 1 unspecified atom stereocenters. The SMILES string of the molecule is CCOC(=O)CCCP(=O)(O)N=O. The molecule has 0 amide bonds. The fourth-order valence-electron chi connectivity index (χ4n) is 0.703. The fraction of sp³-hybridized carbons (Fsp3) is 0.833. The van der Waals surface area contributed by atoms with Gasteiger partial charge in [0, 0.05) is 17.5 Å². The van der Waals surface area contributed by atoms with Crippen LogP contribution in [0.15, 0.2) is 4.95 Å². The lowest BCUT2D eigenvalue weighted by Crippen LogP contribution is -2.04. The van der Waals surface area contributed by atoms with Crippen molar-refractivity contribution in [2.75, 3.05) is 12.8 Å². The van der Waals surface area contributed by atoms with Crippen LogP contribution >= 0.6 is 7.52 Å². The molecule has 0 saturated heterocycles. The molecule has 0 fully saturated rings. The van der Waals surface area contributed by atoms with E-state index >= 15 is 0 Å². The largest absolute Gasteiger partial charge is 0.466 e. The van der Waals surface area contributed by atoms with Crippen molar-refractivity contribution in [2.45, 2.75) is 19.8 Å². The average Bonchev–Trinajstić information content (AvgIpc) is 2.05. The summed E-state index contributed by atoms with van der Waals surface area (Å²) in [5, 5.41) is 0. The Bertz CT molecular complexity index is 229. The number of carbonyl (C=O) groups is 1. The van der Waals surface area contributed by atoms with Crippen molar-refractivity contribution < 1.29 is 19.0 Å². The van der Waals surface area contributed by atoms with Crippen molar-refractivity contribution in [1.82, 2.24) is 0 Å². The minimum Gasteiger partial charge on any atom is -0.466 e. The van der Waals surface area contributed by atoms with Crippen molar-refractivity contribution in [1.29, 1.82) is 0 Å². The molecule has 1 atom stereocenters. The topological polar surface area (TPSA) is 93.0 Å². The Kier molecular flexibility index (Phi) is 5.50. The Hall–Kier alpha value is -0.740. The van der Waals surface area contributed by atoms with Gasteiger partial charge in [0.15, 0.2) is 0 Å². The number of rotatable bonds is 6. The van der Waals surface area contributed by atoms with Gasteiger partial charge in [0.2, 0.25) is 0 Å². The van der Waals surface area contributed by atoms with Gasteiger partial charge in [-0.05, 0) is 13.3 Å². The summed E-state index contributed by atoms with van der Waals surface area (Å²) in [4.78, 5) is 31.2. The van der Waals surface area contributed by atoms with Crippen LogP contribution in [0.25, 0.3) is 0 Å². The van der Waals surface area contributed by atoms with Crippen molar-refractivity contribution >= 4 is 13.5 Å². The van der Waals surface area contributed by atoms with E-state index in [0.717, 1.165) is 0 Å². The van der Waals surface area contributed by atoms with Gasteiger partial charge in [-0.25, -0.2) is 0 Å². The zero-order valence-electron chi connectivity index (χ0n) is 7.30. The normalized spacial score (nSPS) is 14.6. The average molecular weight is 209 g/mol. The molecule has 7 heteroatoms. The van der Waals surface area contributed by atoms with Gasteiger partial charge in [-0.2, -0.15) is 0 Å². The Balaban J connectivity index is 3.62. The highest BCUT2D eigenvalue weighted by atomic mass is 31.2. The van der Waals surface area contributed by atoms with Crippen LogP contribution in [0.3, 0.4) is 0 Å². The lowest BCUT2D eigenvalue weighted by atomic mass is 10.3. The smallest absolute Gasteiger partial charge is 0.350 e. The van der Waals surface area contributed by atoms with Crippen molar-refractivity contribution in [3.8, 4) is 0 Å². The second-order valence-electron chi connectivity index (χ2n) is 2.38. The summed E-state index contributed by atoms with van der Waals surface area (Å²) in [6, 6.07) is 0. The third-order valence-corrected chi connectivity index (χ3v) is 2.42. The highest BCUT2D eigenvalue weighted by Gasteiger charge is 2.18. The van der Waals surface area contributed by atoms with E-state index in [1.807, 2.05) is 0 Å². The summed E-state index contributed by atoms with van der Waals surface area (Å²) in [6.45, 7) is 1.95. The minimum atomic E-state index is -3.89. The third-order valence-electron chi connectivity index (χ3n) is 1.26. The maximum absolute atomic E-state index is 10.7. The van der Waals surface area contributed by atoms with Gasteiger partial charge in [-0.3, -0.25) is 9.36 Å². The lowest BCUT2D eigenvalue weighted by Gasteiger charge is -2.02. The molecule has 0 aromatic carbocycles. The number of nitrogens with zero attached hydrogens (tertiary/aromatic N) is 1. The van der Waals surface area contributed by atoms with E-state index in [2.05, 4.69) is 9.68 Å².